The summed E-state index contributed by atoms with van der Waals surface area (Å²) in [6, 6.07) is 8.62. The van der Waals surface area contributed by atoms with Gasteiger partial charge >= 0.3 is 5.97 Å². The van der Waals surface area contributed by atoms with Gasteiger partial charge in [0.15, 0.2) is 17.1 Å². The number of hydrogen-bond donors (Lipinski definition) is 3. The van der Waals surface area contributed by atoms with E-state index in [9.17, 15) is 19.5 Å². The van der Waals surface area contributed by atoms with Crippen molar-refractivity contribution < 1.29 is 23.9 Å². The molecule has 3 aromatic heterocycles. The molecule has 7 rings (SSSR count). The molecule has 1 aromatic carbocycles. The number of aromatic nitrogens is 4. The highest BCUT2D eigenvalue weighted by atomic mass is 16.4. The predicted octanol–water partition coefficient (Wildman–Crippen LogP) is 3.51. The molecule has 1 atom stereocenters. The van der Waals surface area contributed by atoms with Gasteiger partial charge in [-0.05, 0) is 61.1 Å². The normalized spacial score (nSPS) is 24.2. The summed E-state index contributed by atoms with van der Waals surface area (Å²) in [6.45, 7) is 4.57. The maximum Gasteiger partial charge on any atom is 0.309 e. The number of amides is 2. The zero-order chi connectivity index (χ0) is 27.4. The smallest absolute Gasteiger partial charge is 0.309 e. The number of carboxylic acids is 1. The van der Waals surface area contributed by atoms with Gasteiger partial charge in [0.25, 0.3) is 11.8 Å². The Morgan fingerprint density at radius 1 is 1.08 bits per heavy atom. The third-order valence-electron chi connectivity index (χ3n) is 8.84. The molecule has 11 heteroatoms. The first-order valence-corrected chi connectivity index (χ1v) is 13.2. The summed E-state index contributed by atoms with van der Waals surface area (Å²) in [7, 11) is 0. The number of oxazole rings is 1. The molecule has 3 N–H and O–H groups in total. The van der Waals surface area contributed by atoms with Crippen LogP contribution >= 0.6 is 0 Å². The van der Waals surface area contributed by atoms with E-state index in [2.05, 4.69) is 32.6 Å². The lowest BCUT2D eigenvalue weighted by atomic mass is 9.49. The number of carboxylic acid groups (broad SMARTS) is 1. The molecule has 0 spiro atoms. The zero-order valence-electron chi connectivity index (χ0n) is 21.9. The second kappa shape index (κ2) is 9.18. The molecule has 2 amide bonds. The Morgan fingerprint density at radius 3 is 2.62 bits per heavy atom. The van der Waals surface area contributed by atoms with Gasteiger partial charge in [0.2, 0.25) is 0 Å². The van der Waals surface area contributed by atoms with Crippen LogP contribution in [0.1, 0.15) is 71.5 Å². The van der Waals surface area contributed by atoms with E-state index in [-0.39, 0.29) is 35.2 Å². The lowest BCUT2D eigenvalue weighted by Gasteiger charge is -2.55. The van der Waals surface area contributed by atoms with Crippen molar-refractivity contribution in [2.24, 2.45) is 16.7 Å². The van der Waals surface area contributed by atoms with Gasteiger partial charge in [-0.1, -0.05) is 13.0 Å². The molecule has 2 bridgehead atoms. The van der Waals surface area contributed by atoms with Crippen molar-refractivity contribution in [1.82, 2.24) is 30.2 Å². The topological polar surface area (TPSA) is 152 Å². The van der Waals surface area contributed by atoms with E-state index in [1.54, 1.807) is 13.0 Å². The molecule has 3 aliphatic carbocycles. The summed E-state index contributed by atoms with van der Waals surface area (Å²) in [6.07, 6.45) is 4.96. The molecule has 0 aliphatic heterocycles. The lowest BCUT2D eigenvalue weighted by molar-refractivity contribution is -0.163. The molecule has 4 aromatic rings. The first-order chi connectivity index (χ1) is 18.7. The fourth-order valence-electron chi connectivity index (χ4n) is 6.39. The summed E-state index contributed by atoms with van der Waals surface area (Å²) >= 11 is 0. The van der Waals surface area contributed by atoms with Crippen LogP contribution in [-0.2, 0) is 11.3 Å². The van der Waals surface area contributed by atoms with Gasteiger partial charge < -0.3 is 20.2 Å². The highest BCUT2D eigenvalue weighted by Gasteiger charge is 2.56. The Morgan fingerprint density at radius 2 is 1.87 bits per heavy atom. The molecule has 11 nitrogen and oxygen atoms in total. The van der Waals surface area contributed by atoms with Crippen molar-refractivity contribution in [1.29, 1.82) is 0 Å². The van der Waals surface area contributed by atoms with Crippen LogP contribution in [0.4, 0.5) is 0 Å². The van der Waals surface area contributed by atoms with E-state index in [0.29, 0.717) is 42.9 Å². The van der Waals surface area contributed by atoms with Gasteiger partial charge in [-0.15, -0.1) is 0 Å². The molecular weight excluding hydrogens is 500 g/mol. The quantitative estimate of drug-likeness (QED) is 0.328. The van der Waals surface area contributed by atoms with Gasteiger partial charge in [0, 0.05) is 32.1 Å². The van der Waals surface area contributed by atoms with Crippen molar-refractivity contribution >= 4 is 34.5 Å². The number of nitrogens with one attached hydrogen (secondary N) is 2. The van der Waals surface area contributed by atoms with Gasteiger partial charge in [0.1, 0.15) is 16.9 Å². The van der Waals surface area contributed by atoms with Gasteiger partial charge in [-0.25, -0.2) is 14.5 Å². The maximum atomic E-state index is 13.4. The predicted molar refractivity (Wildman–Crippen MR) is 140 cm³/mol. The highest BCUT2D eigenvalue weighted by Crippen LogP contribution is 2.59. The van der Waals surface area contributed by atoms with Gasteiger partial charge in [-0.3, -0.25) is 14.4 Å². The Kier molecular flexibility index (Phi) is 5.89. The van der Waals surface area contributed by atoms with Crippen LogP contribution < -0.4 is 10.6 Å². The van der Waals surface area contributed by atoms with E-state index in [1.165, 1.54) is 16.8 Å². The van der Waals surface area contributed by atoms with E-state index < -0.39 is 17.3 Å². The summed E-state index contributed by atoms with van der Waals surface area (Å²) in [4.78, 5) is 47.0. The van der Waals surface area contributed by atoms with Crippen molar-refractivity contribution in [2.75, 3.05) is 6.54 Å². The number of hydrogen-bond acceptors (Lipinski definition) is 7. The number of carbonyl (C=O) groups excluding carboxylic acids is 2. The molecule has 3 fully saturated rings. The Hall–Kier alpha value is -4.28. The number of rotatable bonds is 7. The minimum absolute atomic E-state index is 0.111. The van der Waals surface area contributed by atoms with Crippen LogP contribution in [0.15, 0.2) is 40.9 Å². The average molecular weight is 531 g/mol. The number of aryl methyl sites for hydroxylation is 1. The second-order valence-corrected chi connectivity index (χ2v) is 11.1. The first-order valence-electron chi connectivity index (χ1n) is 13.2. The average Bonchev–Trinajstić information content (AvgIpc) is 3.55. The molecule has 3 aliphatic rings. The number of benzene rings is 1. The van der Waals surface area contributed by atoms with E-state index in [1.807, 2.05) is 18.2 Å². The fourth-order valence-corrected chi connectivity index (χ4v) is 6.39. The Bertz CT molecular complexity index is 1610. The third kappa shape index (κ3) is 4.31. The van der Waals surface area contributed by atoms with E-state index in [0.717, 1.165) is 23.9 Å². The summed E-state index contributed by atoms with van der Waals surface area (Å²) < 4.78 is 6.92. The van der Waals surface area contributed by atoms with E-state index in [4.69, 9.17) is 4.42 Å². The Balaban J connectivity index is 1.17. The van der Waals surface area contributed by atoms with Crippen LogP contribution in [0.2, 0.25) is 0 Å². The van der Waals surface area contributed by atoms with Crippen molar-refractivity contribution in [3.05, 3.63) is 59.4 Å². The summed E-state index contributed by atoms with van der Waals surface area (Å²) in [5.41, 5.74) is 2.21. The van der Waals surface area contributed by atoms with Crippen molar-refractivity contribution in [3.63, 3.8) is 0 Å². The summed E-state index contributed by atoms with van der Waals surface area (Å²) in [5.74, 6) is -0.718. The second-order valence-electron chi connectivity index (χ2n) is 11.1. The number of nitrogens with zero attached hydrogens (tertiary/aromatic N) is 4. The van der Waals surface area contributed by atoms with Crippen LogP contribution in [0.5, 0.6) is 0 Å². The third-order valence-corrected chi connectivity index (χ3v) is 8.84. The van der Waals surface area contributed by atoms with Crippen LogP contribution in [0.25, 0.3) is 16.7 Å². The maximum absolute atomic E-state index is 13.4. The lowest BCUT2D eigenvalue weighted by Crippen LogP contribution is -2.54. The SMILES string of the molecule is Cc1nc2cc(CNC(=O)c3cc(C(=O)NCC45CCC(C(=O)O)(CC4)CC5C)n4nccc4n3)ccc2o1. The highest BCUT2D eigenvalue weighted by molar-refractivity contribution is 5.98. The molecule has 39 heavy (non-hydrogen) atoms. The van der Waals surface area contributed by atoms with Crippen LogP contribution in [0.3, 0.4) is 0 Å². The molecule has 3 heterocycles. The van der Waals surface area contributed by atoms with Crippen molar-refractivity contribution in [3.8, 4) is 0 Å². The number of fused-ring (bicyclic) bond motifs is 5. The minimum Gasteiger partial charge on any atom is -0.481 e. The Labute approximate surface area is 224 Å². The zero-order valence-corrected chi connectivity index (χ0v) is 21.9. The molecular formula is C28H30N6O5. The number of carbonyl (C=O) groups is 3. The first kappa shape index (κ1) is 25.0. The van der Waals surface area contributed by atoms with Crippen molar-refractivity contribution in [2.45, 2.75) is 52.5 Å². The largest absolute Gasteiger partial charge is 0.481 e. The van der Waals surface area contributed by atoms with E-state index >= 15 is 0 Å². The molecule has 1 unspecified atom stereocenters. The fraction of sp³-hybridized carbons (Fsp3) is 0.429. The van der Waals surface area contributed by atoms with Gasteiger partial charge in [0.05, 0.1) is 11.6 Å². The monoisotopic (exact) mass is 530 g/mol. The van der Waals surface area contributed by atoms with Crippen LogP contribution in [0, 0.1) is 23.7 Å². The molecule has 3 saturated carbocycles. The number of aliphatic carboxylic acids is 1. The molecule has 202 valence electrons. The van der Waals surface area contributed by atoms with Gasteiger partial charge in [-0.2, -0.15) is 5.10 Å². The molecule has 0 saturated heterocycles. The van der Waals surface area contributed by atoms with Crippen LogP contribution in [-0.4, -0.2) is 49.0 Å². The standard InChI is InChI=1S/C28H30N6O5/c1-16-13-27(26(37)38)6-8-28(16,9-7-27)15-30-25(36)21-12-20(33-23-5-10-31-34(21)23)24(35)29-14-18-3-4-22-19(11-18)32-17(2)39-22/h3-5,10-12,16H,6-9,13-15H2,1-2H3,(H,29,35)(H,30,36)(H,37,38). The summed E-state index contributed by atoms with van der Waals surface area (Å²) in [5, 5.41) is 19.9. The minimum atomic E-state index is -0.704. The molecule has 0 radical (unpaired) electrons.